The van der Waals surface area contributed by atoms with E-state index in [9.17, 15) is 0 Å². The Morgan fingerprint density at radius 1 is 1.64 bits per heavy atom. The molecule has 0 fully saturated rings. The van der Waals surface area contributed by atoms with E-state index in [0.29, 0.717) is 5.92 Å². The molecule has 0 saturated carbocycles. The Balaban J connectivity index is 2.80. The lowest BCUT2D eigenvalue weighted by atomic mass is 10.1. The summed E-state index contributed by atoms with van der Waals surface area (Å²) in [5.41, 5.74) is 3.94. The number of hydrogen-bond acceptors (Lipinski definition) is 2. The van der Waals surface area contributed by atoms with Crippen LogP contribution >= 0.6 is 0 Å². The molecule has 11 heavy (non-hydrogen) atoms. The number of rotatable bonds is 2. The first kappa shape index (κ1) is 8.09. The highest BCUT2D eigenvalue weighted by Crippen LogP contribution is 2.13. The summed E-state index contributed by atoms with van der Waals surface area (Å²) in [5, 5.41) is 0. The molecule has 1 heterocycles. The second-order valence-electron chi connectivity index (χ2n) is 2.78. The molecule has 0 aromatic carbocycles. The average molecular weight is 151 g/mol. The quantitative estimate of drug-likeness (QED) is 0.555. The predicted octanol–water partition coefficient (Wildman–Crippen LogP) is 2.48. The van der Waals surface area contributed by atoms with Crippen LogP contribution in [0.15, 0.2) is 22.7 Å². The van der Waals surface area contributed by atoms with Gasteiger partial charge in [-0.25, -0.2) is 4.99 Å². The second-order valence-corrected chi connectivity index (χ2v) is 2.78. The molecule has 60 valence electrons. The van der Waals surface area contributed by atoms with Crippen molar-refractivity contribution in [3.05, 3.63) is 17.7 Å². The van der Waals surface area contributed by atoms with E-state index in [4.69, 9.17) is 4.74 Å². The highest BCUT2D eigenvalue weighted by molar-refractivity contribution is 5.78. The van der Waals surface area contributed by atoms with Crippen LogP contribution in [0.4, 0.5) is 0 Å². The minimum Gasteiger partial charge on any atom is -0.442 e. The molecular weight excluding hydrogens is 138 g/mol. The van der Waals surface area contributed by atoms with E-state index in [1.807, 2.05) is 6.92 Å². The van der Waals surface area contributed by atoms with Gasteiger partial charge in [0.1, 0.15) is 6.26 Å². The topological polar surface area (TPSA) is 21.6 Å². The van der Waals surface area contributed by atoms with Gasteiger partial charge in [0, 0.05) is 12.3 Å². The van der Waals surface area contributed by atoms with Crippen molar-refractivity contribution in [3.63, 3.8) is 0 Å². The minimum atomic E-state index is 0.427. The van der Waals surface area contributed by atoms with E-state index < -0.39 is 0 Å². The van der Waals surface area contributed by atoms with Crippen LogP contribution < -0.4 is 0 Å². The van der Waals surface area contributed by atoms with Crippen molar-refractivity contribution in [2.75, 3.05) is 0 Å². The van der Waals surface area contributed by atoms with Crippen molar-refractivity contribution >= 4 is 5.90 Å². The summed E-state index contributed by atoms with van der Waals surface area (Å²) in [6, 6.07) is 0. The Morgan fingerprint density at radius 2 is 2.36 bits per heavy atom. The van der Waals surface area contributed by atoms with Crippen molar-refractivity contribution < 1.29 is 4.74 Å². The summed E-state index contributed by atoms with van der Waals surface area (Å²) in [6.45, 7) is 6.21. The fourth-order valence-electron chi connectivity index (χ4n) is 0.809. The molecule has 0 aliphatic carbocycles. The monoisotopic (exact) mass is 151 g/mol. The molecule has 0 saturated heterocycles. The molecule has 0 aromatic heterocycles. The maximum atomic E-state index is 5.10. The van der Waals surface area contributed by atoms with Gasteiger partial charge < -0.3 is 4.74 Å². The predicted molar refractivity (Wildman–Crippen MR) is 45.2 cm³/mol. The van der Waals surface area contributed by atoms with Gasteiger partial charge in [-0.2, -0.15) is 0 Å². The highest BCUT2D eigenvalue weighted by atomic mass is 16.5. The normalized spacial score (nSPS) is 16.0. The molecule has 0 radical (unpaired) electrons. The molecule has 0 amide bonds. The Kier molecular flexibility index (Phi) is 2.50. The van der Waals surface area contributed by atoms with Crippen LogP contribution in [0.25, 0.3) is 0 Å². The minimum absolute atomic E-state index is 0.427. The van der Waals surface area contributed by atoms with Gasteiger partial charge in [-0.3, -0.25) is 0 Å². The van der Waals surface area contributed by atoms with Crippen LogP contribution in [0.2, 0.25) is 0 Å². The molecule has 0 N–H and O–H groups in total. The van der Waals surface area contributed by atoms with Crippen LogP contribution in [0.1, 0.15) is 27.2 Å². The van der Waals surface area contributed by atoms with E-state index in [2.05, 4.69) is 24.6 Å². The first-order valence-corrected chi connectivity index (χ1v) is 3.93. The van der Waals surface area contributed by atoms with Gasteiger partial charge in [-0.1, -0.05) is 26.5 Å². The molecule has 2 heteroatoms. The molecule has 0 aromatic rings. The molecule has 1 rings (SSSR count). The lowest BCUT2D eigenvalue weighted by Gasteiger charge is -2.09. The van der Waals surface area contributed by atoms with Crippen LogP contribution in [0.3, 0.4) is 0 Å². The van der Waals surface area contributed by atoms with E-state index in [0.717, 1.165) is 18.0 Å². The summed E-state index contributed by atoms with van der Waals surface area (Å²) in [7, 11) is 0. The van der Waals surface area contributed by atoms with Crippen molar-refractivity contribution in [1.29, 1.82) is 0 Å². The third-order valence-electron chi connectivity index (χ3n) is 1.50. The van der Waals surface area contributed by atoms with Crippen molar-refractivity contribution in [2.45, 2.75) is 27.2 Å². The molecule has 0 atom stereocenters. The summed E-state index contributed by atoms with van der Waals surface area (Å²) in [4.78, 5) is 4.27. The number of hydrogen-bond donors (Lipinski definition) is 0. The molecule has 2 nitrogen and oxygen atoms in total. The number of allylic oxidation sites excluding steroid dienone is 1. The van der Waals surface area contributed by atoms with E-state index in [1.54, 1.807) is 6.26 Å². The zero-order chi connectivity index (χ0) is 8.27. The van der Waals surface area contributed by atoms with Gasteiger partial charge >= 0.3 is 0 Å². The Labute approximate surface area is 67.3 Å². The van der Waals surface area contributed by atoms with Crippen LogP contribution in [0.5, 0.6) is 0 Å². The highest BCUT2D eigenvalue weighted by Gasteiger charge is 2.06. The summed E-state index contributed by atoms with van der Waals surface area (Å²) < 4.78 is 5.10. The van der Waals surface area contributed by atoms with Crippen molar-refractivity contribution in [2.24, 2.45) is 10.9 Å². The maximum absolute atomic E-state index is 5.10. The van der Waals surface area contributed by atoms with Gasteiger partial charge in [0.15, 0.2) is 5.90 Å². The van der Waals surface area contributed by atoms with Gasteiger partial charge in [0.2, 0.25) is 0 Å². The first-order chi connectivity index (χ1) is 5.24. The van der Waals surface area contributed by atoms with Gasteiger partial charge in [0.05, 0.1) is 5.70 Å². The fourth-order valence-corrected chi connectivity index (χ4v) is 0.809. The maximum Gasteiger partial charge on any atom is 0.195 e. The Hall–Kier alpha value is -1.01. The molecule has 1 aliphatic heterocycles. The molecule has 1 aliphatic rings. The van der Waals surface area contributed by atoms with Crippen molar-refractivity contribution in [1.82, 2.24) is 0 Å². The number of ether oxygens (including phenoxy) is 1. The first-order valence-electron chi connectivity index (χ1n) is 3.93. The third-order valence-corrected chi connectivity index (χ3v) is 1.50. The Morgan fingerprint density at radius 3 is 2.91 bits per heavy atom. The van der Waals surface area contributed by atoms with Crippen LogP contribution in [-0.4, -0.2) is 5.90 Å². The smallest absolute Gasteiger partial charge is 0.195 e. The SMILES string of the molecule is CCC1=NC(C(C)C)=C=CO1. The third kappa shape index (κ3) is 1.95. The lowest BCUT2D eigenvalue weighted by molar-refractivity contribution is 0.451. The zero-order valence-electron chi connectivity index (χ0n) is 7.22. The fraction of sp³-hybridized carbons (Fsp3) is 0.556. The van der Waals surface area contributed by atoms with E-state index in [1.165, 1.54) is 0 Å². The van der Waals surface area contributed by atoms with Crippen LogP contribution in [-0.2, 0) is 4.74 Å². The van der Waals surface area contributed by atoms with Crippen molar-refractivity contribution in [3.8, 4) is 0 Å². The van der Waals surface area contributed by atoms with Gasteiger partial charge in [0.25, 0.3) is 0 Å². The Bertz CT molecular complexity index is 232. The van der Waals surface area contributed by atoms with Crippen LogP contribution in [0, 0.1) is 5.92 Å². The second kappa shape index (κ2) is 3.40. The number of nitrogens with zero attached hydrogens (tertiary/aromatic N) is 1. The lowest BCUT2D eigenvalue weighted by Crippen LogP contribution is -2.04. The van der Waals surface area contributed by atoms with Gasteiger partial charge in [-0.05, 0) is 0 Å². The molecular formula is C9H13NO. The van der Waals surface area contributed by atoms with E-state index >= 15 is 0 Å². The van der Waals surface area contributed by atoms with E-state index in [-0.39, 0.29) is 0 Å². The summed E-state index contributed by atoms with van der Waals surface area (Å²) >= 11 is 0. The molecule has 0 bridgehead atoms. The standard InChI is InChI=1S/C9H13NO/c1-4-9-10-8(7(2)3)5-6-11-9/h6-7H,4H2,1-3H3. The number of aliphatic imine (C=N–C) groups is 1. The average Bonchev–Trinajstić information content (AvgIpc) is 2.05. The summed E-state index contributed by atoms with van der Waals surface area (Å²) in [6.07, 6.45) is 2.43. The largest absolute Gasteiger partial charge is 0.442 e. The molecule has 0 unspecified atom stereocenters. The van der Waals surface area contributed by atoms with Gasteiger partial charge in [-0.15, -0.1) is 0 Å². The molecule has 0 spiro atoms. The summed E-state index contributed by atoms with van der Waals surface area (Å²) in [5.74, 6) is 1.21. The zero-order valence-corrected chi connectivity index (χ0v) is 7.22.